The smallest absolute Gasteiger partial charge is 0.346 e. The summed E-state index contributed by atoms with van der Waals surface area (Å²) in [4.78, 5) is 12.1. The summed E-state index contributed by atoms with van der Waals surface area (Å²) in [6, 6.07) is 9.43. The van der Waals surface area contributed by atoms with Crippen LogP contribution in [0.15, 0.2) is 40.6 Å². The van der Waals surface area contributed by atoms with Gasteiger partial charge in [-0.1, -0.05) is 32.9 Å². The second kappa shape index (κ2) is 6.12. The molecule has 1 unspecified atom stereocenters. The fourth-order valence-corrected chi connectivity index (χ4v) is 3.95. The fraction of sp³-hybridized carbons (Fsp3) is 0.312. The molecule has 1 aromatic heterocycles. The first-order chi connectivity index (χ1) is 9.79. The van der Waals surface area contributed by atoms with Crippen molar-refractivity contribution in [2.75, 3.05) is 0 Å². The van der Waals surface area contributed by atoms with Crippen molar-refractivity contribution in [1.82, 2.24) is 0 Å². The topological polar surface area (TPSA) is 54.4 Å². The largest absolute Gasteiger partial charge is 0.477 e. The predicted molar refractivity (Wildman–Crippen MR) is 86.5 cm³/mol. The van der Waals surface area contributed by atoms with Crippen LogP contribution in [-0.4, -0.2) is 15.3 Å². The van der Waals surface area contributed by atoms with E-state index >= 15 is 0 Å². The molecule has 1 N–H and O–H groups in total. The molecule has 0 bridgehead atoms. The molecule has 5 heteroatoms. The van der Waals surface area contributed by atoms with Gasteiger partial charge in [-0.3, -0.25) is 4.21 Å². The SMILES string of the molecule is CC(C)(C)c1ccc(S(=O)Cc2ccsc2C(=O)O)cc1. The van der Waals surface area contributed by atoms with Crippen LogP contribution in [0.25, 0.3) is 0 Å². The molecule has 0 saturated heterocycles. The lowest BCUT2D eigenvalue weighted by Crippen LogP contribution is -2.11. The number of rotatable bonds is 4. The molecule has 3 nitrogen and oxygen atoms in total. The molecular formula is C16H18O3S2. The third-order valence-corrected chi connectivity index (χ3v) is 5.53. The van der Waals surface area contributed by atoms with E-state index in [2.05, 4.69) is 20.8 Å². The number of carboxylic acid groups (broad SMARTS) is 1. The summed E-state index contributed by atoms with van der Waals surface area (Å²) in [6.07, 6.45) is 0. The van der Waals surface area contributed by atoms with Crippen molar-refractivity contribution in [3.63, 3.8) is 0 Å². The molecule has 0 radical (unpaired) electrons. The van der Waals surface area contributed by atoms with Crippen molar-refractivity contribution in [2.24, 2.45) is 0 Å². The van der Waals surface area contributed by atoms with Gasteiger partial charge in [-0.05, 0) is 40.1 Å². The van der Waals surface area contributed by atoms with Crippen LogP contribution in [0, 0.1) is 0 Å². The minimum atomic E-state index is -1.23. The summed E-state index contributed by atoms with van der Waals surface area (Å²) in [5.74, 6) is -0.722. The molecule has 1 atom stereocenters. The lowest BCUT2D eigenvalue weighted by molar-refractivity contribution is 0.0701. The van der Waals surface area contributed by atoms with Gasteiger partial charge in [-0.25, -0.2) is 4.79 Å². The van der Waals surface area contributed by atoms with Crippen molar-refractivity contribution in [3.05, 3.63) is 51.7 Å². The van der Waals surface area contributed by atoms with E-state index in [-0.39, 0.29) is 16.0 Å². The fourth-order valence-electron chi connectivity index (χ4n) is 1.97. The lowest BCUT2D eigenvalue weighted by atomic mass is 9.87. The van der Waals surface area contributed by atoms with Crippen LogP contribution in [0.1, 0.15) is 41.6 Å². The van der Waals surface area contributed by atoms with E-state index in [0.717, 1.165) is 4.90 Å². The summed E-state index contributed by atoms with van der Waals surface area (Å²) in [7, 11) is -1.23. The number of thiophene rings is 1. The third-order valence-electron chi connectivity index (χ3n) is 3.21. The van der Waals surface area contributed by atoms with Crippen LogP contribution < -0.4 is 0 Å². The zero-order valence-electron chi connectivity index (χ0n) is 12.3. The summed E-state index contributed by atoms with van der Waals surface area (Å²) in [5, 5.41) is 10.8. The molecule has 0 aliphatic heterocycles. The molecule has 0 aliphatic rings. The van der Waals surface area contributed by atoms with E-state index in [0.29, 0.717) is 5.56 Å². The maximum atomic E-state index is 12.4. The van der Waals surface area contributed by atoms with Gasteiger partial charge >= 0.3 is 5.97 Å². The molecular weight excluding hydrogens is 304 g/mol. The highest BCUT2D eigenvalue weighted by molar-refractivity contribution is 7.84. The van der Waals surface area contributed by atoms with Gasteiger partial charge in [-0.2, -0.15) is 0 Å². The standard InChI is InChI=1S/C16H18O3S2/c1-16(2,3)12-4-6-13(7-5-12)21(19)10-11-8-9-20-14(11)15(17)18/h4-9H,10H2,1-3H3,(H,17,18). The summed E-state index contributed by atoms with van der Waals surface area (Å²) < 4.78 is 12.4. The summed E-state index contributed by atoms with van der Waals surface area (Å²) >= 11 is 1.17. The Labute approximate surface area is 131 Å². The molecule has 112 valence electrons. The van der Waals surface area contributed by atoms with Gasteiger partial charge in [0.05, 0.1) is 16.6 Å². The van der Waals surface area contributed by atoms with Crippen LogP contribution in [-0.2, 0) is 22.0 Å². The van der Waals surface area contributed by atoms with Crippen molar-refractivity contribution in [2.45, 2.75) is 36.8 Å². The molecule has 1 heterocycles. The first-order valence-electron chi connectivity index (χ1n) is 6.57. The number of benzene rings is 1. The Kier molecular flexibility index (Phi) is 4.64. The van der Waals surface area contributed by atoms with Crippen LogP contribution in [0.2, 0.25) is 0 Å². The highest BCUT2D eigenvalue weighted by Gasteiger charge is 2.16. The second-order valence-electron chi connectivity index (χ2n) is 5.84. The third kappa shape index (κ3) is 3.80. The van der Waals surface area contributed by atoms with Gasteiger partial charge in [0, 0.05) is 4.90 Å². The number of hydrogen-bond donors (Lipinski definition) is 1. The molecule has 21 heavy (non-hydrogen) atoms. The average molecular weight is 322 g/mol. The Hall–Kier alpha value is -1.46. The van der Waals surface area contributed by atoms with E-state index in [9.17, 15) is 9.00 Å². The minimum absolute atomic E-state index is 0.0594. The van der Waals surface area contributed by atoms with Gasteiger partial charge in [0.25, 0.3) is 0 Å². The van der Waals surface area contributed by atoms with Crippen LogP contribution in [0.4, 0.5) is 0 Å². The van der Waals surface area contributed by atoms with Gasteiger partial charge in [0.15, 0.2) is 0 Å². The Morgan fingerprint density at radius 3 is 2.33 bits per heavy atom. The highest BCUT2D eigenvalue weighted by Crippen LogP contribution is 2.25. The first kappa shape index (κ1) is 15.9. The molecule has 2 rings (SSSR count). The van der Waals surface area contributed by atoms with E-state index in [4.69, 9.17) is 5.11 Å². The Morgan fingerprint density at radius 2 is 1.81 bits per heavy atom. The van der Waals surface area contributed by atoms with Crippen LogP contribution in [0.3, 0.4) is 0 Å². The van der Waals surface area contributed by atoms with E-state index in [1.807, 2.05) is 24.3 Å². The predicted octanol–water partition coefficient (Wildman–Crippen LogP) is 4.05. The zero-order valence-corrected chi connectivity index (χ0v) is 13.9. The Morgan fingerprint density at radius 1 is 1.19 bits per heavy atom. The Balaban J connectivity index is 2.17. The molecule has 1 aromatic carbocycles. The highest BCUT2D eigenvalue weighted by atomic mass is 32.2. The first-order valence-corrected chi connectivity index (χ1v) is 8.77. The second-order valence-corrected chi connectivity index (χ2v) is 8.21. The number of carbonyl (C=O) groups is 1. The van der Waals surface area contributed by atoms with Crippen molar-refractivity contribution in [1.29, 1.82) is 0 Å². The molecule has 0 spiro atoms. The quantitative estimate of drug-likeness (QED) is 0.924. The molecule has 0 saturated carbocycles. The van der Waals surface area contributed by atoms with Crippen LogP contribution >= 0.6 is 11.3 Å². The number of carboxylic acids is 1. The summed E-state index contributed by atoms with van der Waals surface area (Å²) in [5.41, 5.74) is 1.87. The minimum Gasteiger partial charge on any atom is -0.477 e. The number of aromatic carboxylic acids is 1. The van der Waals surface area contributed by atoms with E-state index in [1.54, 1.807) is 11.4 Å². The van der Waals surface area contributed by atoms with Crippen molar-refractivity contribution in [3.8, 4) is 0 Å². The molecule has 0 amide bonds. The normalized spacial score (nSPS) is 13.1. The monoisotopic (exact) mass is 322 g/mol. The summed E-state index contributed by atoms with van der Waals surface area (Å²) in [6.45, 7) is 6.39. The lowest BCUT2D eigenvalue weighted by Gasteiger charge is -2.19. The zero-order chi connectivity index (χ0) is 15.6. The van der Waals surface area contributed by atoms with Crippen molar-refractivity contribution < 1.29 is 14.1 Å². The number of hydrogen-bond acceptors (Lipinski definition) is 3. The van der Waals surface area contributed by atoms with E-state index in [1.165, 1.54) is 16.9 Å². The van der Waals surface area contributed by atoms with Gasteiger partial charge < -0.3 is 5.11 Å². The van der Waals surface area contributed by atoms with Gasteiger partial charge in [0.2, 0.25) is 0 Å². The average Bonchev–Trinajstić information content (AvgIpc) is 2.86. The maximum Gasteiger partial charge on any atom is 0.346 e. The van der Waals surface area contributed by atoms with Crippen molar-refractivity contribution >= 4 is 28.1 Å². The van der Waals surface area contributed by atoms with E-state index < -0.39 is 16.8 Å². The molecule has 0 fully saturated rings. The van der Waals surface area contributed by atoms with Gasteiger partial charge in [0.1, 0.15) is 4.88 Å². The van der Waals surface area contributed by atoms with Gasteiger partial charge in [-0.15, -0.1) is 11.3 Å². The molecule has 0 aliphatic carbocycles. The molecule has 2 aromatic rings. The van der Waals surface area contributed by atoms with Crippen LogP contribution in [0.5, 0.6) is 0 Å². The Bertz CT molecular complexity index is 664. The maximum absolute atomic E-state index is 12.4.